The zero-order valence-electron chi connectivity index (χ0n) is 15.7. The summed E-state index contributed by atoms with van der Waals surface area (Å²) in [7, 11) is 0. The second-order valence-corrected chi connectivity index (χ2v) is 7.23. The number of rotatable bonds is 7. The van der Waals surface area contributed by atoms with Crippen LogP contribution in [0.1, 0.15) is 21.9 Å². The van der Waals surface area contributed by atoms with Crippen LogP contribution in [0.25, 0.3) is 11.8 Å². The topological polar surface area (TPSA) is 57.3 Å². The van der Waals surface area contributed by atoms with E-state index in [1.165, 1.54) is 6.08 Å². The van der Waals surface area contributed by atoms with Gasteiger partial charge in [0.25, 0.3) is 0 Å². The van der Waals surface area contributed by atoms with E-state index >= 15 is 0 Å². The zero-order valence-corrected chi connectivity index (χ0v) is 17.2. The average molecular weight is 439 g/mol. The third-order valence-corrected chi connectivity index (χ3v) is 4.83. The molecular formula is C23H16Cl2N2O3. The predicted molar refractivity (Wildman–Crippen MR) is 116 cm³/mol. The molecule has 4 rings (SSSR count). The van der Waals surface area contributed by atoms with Crippen LogP contribution in [-0.2, 0) is 6.61 Å². The van der Waals surface area contributed by atoms with Gasteiger partial charge in [0.15, 0.2) is 5.78 Å². The van der Waals surface area contributed by atoms with E-state index in [1.54, 1.807) is 61.1 Å². The van der Waals surface area contributed by atoms with Crippen LogP contribution in [0.3, 0.4) is 0 Å². The summed E-state index contributed by atoms with van der Waals surface area (Å²) in [6.45, 7) is 0.207. The van der Waals surface area contributed by atoms with E-state index in [2.05, 4.69) is 4.98 Å². The van der Waals surface area contributed by atoms with Gasteiger partial charge in [-0.25, -0.2) is 4.98 Å². The van der Waals surface area contributed by atoms with Gasteiger partial charge in [0.1, 0.15) is 23.9 Å². The van der Waals surface area contributed by atoms with Crippen molar-refractivity contribution in [2.24, 2.45) is 0 Å². The molecule has 0 amide bonds. The molecule has 150 valence electrons. The summed E-state index contributed by atoms with van der Waals surface area (Å²) in [5.41, 5.74) is 1.52. The van der Waals surface area contributed by atoms with Crippen LogP contribution in [0.2, 0.25) is 10.0 Å². The number of carbonyl (C=O) groups is 1. The number of aromatic nitrogens is 2. The van der Waals surface area contributed by atoms with Crippen molar-refractivity contribution in [1.82, 2.24) is 9.55 Å². The van der Waals surface area contributed by atoms with Gasteiger partial charge in [-0.3, -0.25) is 4.79 Å². The minimum Gasteiger partial charge on any atom is -0.484 e. The van der Waals surface area contributed by atoms with E-state index in [9.17, 15) is 4.79 Å². The highest BCUT2D eigenvalue weighted by Gasteiger charge is 2.07. The van der Waals surface area contributed by atoms with Crippen molar-refractivity contribution in [2.45, 2.75) is 6.61 Å². The van der Waals surface area contributed by atoms with Crippen molar-refractivity contribution in [1.29, 1.82) is 0 Å². The largest absolute Gasteiger partial charge is 0.484 e. The fourth-order valence-electron chi connectivity index (χ4n) is 2.77. The number of allylic oxidation sites excluding steroid dienone is 1. The molecule has 0 unspecified atom stereocenters. The van der Waals surface area contributed by atoms with Crippen LogP contribution in [0, 0.1) is 0 Å². The summed E-state index contributed by atoms with van der Waals surface area (Å²) in [5, 5.41) is 0.970. The van der Waals surface area contributed by atoms with Crippen LogP contribution < -0.4 is 4.74 Å². The van der Waals surface area contributed by atoms with E-state index in [0.29, 0.717) is 32.9 Å². The Morgan fingerprint density at radius 3 is 2.67 bits per heavy atom. The smallest absolute Gasteiger partial charge is 0.185 e. The molecule has 0 atom stereocenters. The summed E-state index contributed by atoms with van der Waals surface area (Å²) in [4.78, 5) is 16.4. The van der Waals surface area contributed by atoms with Crippen LogP contribution in [0.5, 0.6) is 5.75 Å². The van der Waals surface area contributed by atoms with Gasteiger partial charge in [0.05, 0.1) is 11.3 Å². The standard InChI is InChI=1S/C23H16Cl2N2O3/c24-17-3-10-23(21(25)13-17)29-14-20-7-6-19(30-20)8-9-22(28)16-1-4-18(5-2-16)27-12-11-26-15-27/h1-13,15H,14H2/b9-8+. The number of ketones is 1. The highest BCUT2D eigenvalue weighted by Crippen LogP contribution is 2.28. The lowest BCUT2D eigenvalue weighted by Crippen LogP contribution is -1.96. The summed E-state index contributed by atoms with van der Waals surface area (Å²) >= 11 is 12.0. The minimum absolute atomic E-state index is 0.116. The molecule has 5 nitrogen and oxygen atoms in total. The Balaban J connectivity index is 1.36. The number of hydrogen-bond acceptors (Lipinski definition) is 4. The third kappa shape index (κ3) is 4.82. The Kier molecular flexibility index (Phi) is 6.02. The molecule has 0 saturated heterocycles. The Morgan fingerprint density at radius 2 is 1.93 bits per heavy atom. The van der Waals surface area contributed by atoms with E-state index < -0.39 is 0 Å². The Hall–Kier alpha value is -3.28. The molecule has 0 radical (unpaired) electrons. The zero-order chi connectivity index (χ0) is 20.9. The van der Waals surface area contributed by atoms with Gasteiger partial charge in [-0.15, -0.1) is 0 Å². The van der Waals surface area contributed by atoms with Crippen LogP contribution in [0.4, 0.5) is 0 Å². The maximum absolute atomic E-state index is 12.4. The molecule has 0 N–H and O–H groups in total. The van der Waals surface area contributed by atoms with Gasteiger partial charge in [0, 0.05) is 28.7 Å². The number of nitrogens with zero attached hydrogens (tertiary/aromatic N) is 2. The Morgan fingerprint density at radius 1 is 1.10 bits per heavy atom. The van der Waals surface area contributed by atoms with Crippen molar-refractivity contribution < 1.29 is 13.9 Å². The summed E-state index contributed by atoms with van der Waals surface area (Å²) in [6, 6.07) is 15.9. The van der Waals surface area contributed by atoms with E-state index in [4.69, 9.17) is 32.4 Å². The first-order valence-electron chi connectivity index (χ1n) is 9.06. The van der Waals surface area contributed by atoms with Crippen LogP contribution in [0.15, 0.2) is 83.8 Å². The summed E-state index contributed by atoms with van der Waals surface area (Å²) in [6.07, 6.45) is 8.36. The maximum atomic E-state index is 12.4. The first-order chi connectivity index (χ1) is 14.6. The second-order valence-electron chi connectivity index (χ2n) is 6.38. The van der Waals surface area contributed by atoms with Crippen molar-refractivity contribution in [3.05, 3.63) is 107 Å². The molecular weight excluding hydrogens is 423 g/mol. The fourth-order valence-corrected chi connectivity index (χ4v) is 3.23. The second kappa shape index (κ2) is 9.03. The number of ether oxygens (including phenoxy) is 1. The number of hydrogen-bond donors (Lipinski definition) is 0. The molecule has 0 bridgehead atoms. The molecule has 2 aromatic carbocycles. The molecule has 4 aromatic rings. The average Bonchev–Trinajstić information content (AvgIpc) is 3.44. The van der Waals surface area contributed by atoms with Crippen molar-refractivity contribution in [3.63, 3.8) is 0 Å². The number of carbonyl (C=O) groups excluding carboxylic acids is 1. The van der Waals surface area contributed by atoms with E-state index in [-0.39, 0.29) is 12.4 Å². The molecule has 0 fully saturated rings. The lowest BCUT2D eigenvalue weighted by atomic mass is 10.1. The Bertz CT molecular complexity index is 1180. The Labute approximate surface area is 183 Å². The highest BCUT2D eigenvalue weighted by molar-refractivity contribution is 6.35. The van der Waals surface area contributed by atoms with E-state index in [1.807, 2.05) is 22.9 Å². The van der Waals surface area contributed by atoms with Gasteiger partial charge >= 0.3 is 0 Å². The van der Waals surface area contributed by atoms with Crippen molar-refractivity contribution >= 4 is 35.1 Å². The van der Waals surface area contributed by atoms with Gasteiger partial charge in [0.2, 0.25) is 0 Å². The van der Waals surface area contributed by atoms with Gasteiger partial charge in [-0.05, 0) is 66.7 Å². The molecule has 0 aliphatic heterocycles. The van der Waals surface area contributed by atoms with Crippen molar-refractivity contribution in [2.75, 3.05) is 0 Å². The molecule has 2 heterocycles. The molecule has 0 spiro atoms. The fraction of sp³-hybridized carbons (Fsp3) is 0.0435. The lowest BCUT2D eigenvalue weighted by molar-refractivity contribution is 0.104. The van der Waals surface area contributed by atoms with Crippen LogP contribution >= 0.6 is 23.2 Å². The lowest BCUT2D eigenvalue weighted by Gasteiger charge is -2.06. The predicted octanol–water partition coefficient (Wildman–Crippen LogP) is 6.25. The number of imidazole rings is 1. The summed E-state index contributed by atoms with van der Waals surface area (Å²) < 4.78 is 13.2. The first kappa shape index (κ1) is 20.0. The molecule has 0 saturated carbocycles. The van der Waals surface area contributed by atoms with Gasteiger partial charge in [-0.2, -0.15) is 0 Å². The number of halogens is 2. The van der Waals surface area contributed by atoms with Gasteiger partial charge in [-0.1, -0.05) is 23.2 Å². The molecule has 0 aliphatic rings. The van der Waals surface area contributed by atoms with Gasteiger partial charge < -0.3 is 13.7 Å². The van der Waals surface area contributed by atoms with Crippen molar-refractivity contribution in [3.8, 4) is 11.4 Å². The molecule has 2 aromatic heterocycles. The SMILES string of the molecule is O=C(/C=C/c1ccc(COc2ccc(Cl)cc2Cl)o1)c1ccc(-n2ccnc2)cc1. The van der Waals surface area contributed by atoms with E-state index in [0.717, 1.165) is 5.69 Å². The normalized spacial score (nSPS) is 11.1. The third-order valence-electron chi connectivity index (χ3n) is 4.30. The number of benzene rings is 2. The quantitative estimate of drug-likeness (QED) is 0.252. The van der Waals surface area contributed by atoms with Crippen LogP contribution in [-0.4, -0.2) is 15.3 Å². The molecule has 30 heavy (non-hydrogen) atoms. The minimum atomic E-state index is -0.116. The summed E-state index contributed by atoms with van der Waals surface area (Å²) in [5.74, 6) is 1.56. The molecule has 0 aliphatic carbocycles. The maximum Gasteiger partial charge on any atom is 0.185 e. The highest BCUT2D eigenvalue weighted by atomic mass is 35.5. The molecule has 7 heteroatoms. The first-order valence-corrected chi connectivity index (χ1v) is 9.81. The number of furan rings is 1. The monoisotopic (exact) mass is 438 g/mol.